The lowest BCUT2D eigenvalue weighted by Crippen LogP contribution is -2.15. The SMILES string of the molecule is O=C(NN=Cc1ccc(Br)o1)c1cc2cc([N+](=O)[O-])ccc2s1. The van der Waals surface area contributed by atoms with E-state index < -0.39 is 10.8 Å². The summed E-state index contributed by atoms with van der Waals surface area (Å²) in [6.45, 7) is 0. The van der Waals surface area contributed by atoms with Gasteiger partial charge in [-0.2, -0.15) is 5.10 Å². The van der Waals surface area contributed by atoms with Crippen molar-refractivity contribution in [3.05, 3.63) is 61.8 Å². The first-order chi connectivity index (χ1) is 11.0. The molecule has 9 heteroatoms. The third-order valence-electron chi connectivity index (χ3n) is 2.89. The average molecular weight is 394 g/mol. The number of nitrogens with one attached hydrogen (secondary N) is 1. The number of thiophene rings is 1. The number of amides is 1. The quantitative estimate of drug-likeness (QED) is 0.412. The Hall–Kier alpha value is -2.52. The lowest BCUT2D eigenvalue weighted by Gasteiger charge is -1.93. The van der Waals surface area contributed by atoms with Crippen LogP contribution in [0.2, 0.25) is 0 Å². The van der Waals surface area contributed by atoms with Gasteiger partial charge in [0.2, 0.25) is 0 Å². The van der Waals surface area contributed by atoms with Crippen LogP contribution in [0.15, 0.2) is 50.6 Å². The van der Waals surface area contributed by atoms with Crippen LogP contribution in [0.5, 0.6) is 0 Å². The normalized spacial score (nSPS) is 11.2. The molecule has 7 nitrogen and oxygen atoms in total. The van der Waals surface area contributed by atoms with Gasteiger partial charge in [-0.05, 0) is 40.2 Å². The second-order valence-corrected chi connectivity index (χ2v) is 6.30. The minimum Gasteiger partial charge on any atom is -0.448 e. The van der Waals surface area contributed by atoms with E-state index in [0.717, 1.165) is 4.70 Å². The van der Waals surface area contributed by atoms with Crippen molar-refractivity contribution in [3.8, 4) is 0 Å². The summed E-state index contributed by atoms with van der Waals surface area (Å²) in [5.41, 5.74) is 2.38. The van der Waals surface area contributed by atoms with E-state index >= 15 is 0 Å². The third-order valence-corrected chi connectivity index (χ3v) is 4.43. The van der Waals surface area contributed by atoms with E-state index in [4.69, 9.17) is 4.42 Å². The molecule has 0 fully saturated rings. The van der Waals surface area contributed by atoms with Gasteiger partial charge in [0.25, 0.3) is 11.6 Å². The van der Waals surface area contributed by atoms with E-state index in [1.165, 1.54) is 29.7 Å². The van der Waals surface area contributed by atoms with Gasteiger partial charge in [-0.25, -0.2) is 5.43 Å². The van der Waals surface area contributed by atoms with Gasteiger partial charge in [-0.1, -0.05) is 0 Å². The summed E-state index contributed by atoms with van der Waals surface area (Å²) in [5, 5.41) is 15.2. The molecule has 3 rings (SSSR count). The van der Waals surface area contributed by atoms with Crippen molar-refractivity contribution < 1.29 is 14.1 Å². The highest BCUT2D eigenvalue weighted by molar-refractivity contribution is 9.10. The van der Waals surface area contributed by atoms with E-state index in [0.29, 0.717) is 20.7 Å². The fraction of sp³-hybridized carbons (Fsp3) is 0. The number of rotatable bonds is 4. The zero-order chi connectivity index (χ0) is 16.4. The van der Waals surface area contributed by atoms with Crippen molar-refractivity contribution in [2.24, 2.45) is 5.10 Å². The number of benzene rings is 1. The topological polar surface area (TPSA) is 97.7 Å². The minimum absolute atomic E-state index is 0.0105. The fourth-order valence-electron chi connectivity index (χ4n) is 1.86. The maximum absolute atomic E-state index is 12.0. The van der Waals surface area contributed by atoms with Crippen LogP contribution in [0.4, 0.5) is 5.69 Å². The summed E-state index contributed by atoms with van der Waals surface area (Å²) in [6.07, 6.45) is 1.38. The lowest BCUT2D eigenvalue weighted by atomic mass is 10.2. The van der Waals surface area contributed by atoms with Crippen LogP contribution >= 0.6 is 27.3 Å². The molecule has 1 aromatic carbocycles. The summed E-state index contributed by atoms with van der Waals surface area (Å²) in [7, 11) is 0. The van der Waals surface area contributed by atoms with Crippen molar-refractivity contribution in [1.82, 2.24) is 5.43 Å². The van der Waals surface area contributed by atoms with Crippen molar-refractivity contribution in [2.45, 2.75) is 0 Å². The Morgan fingerprint density at radius 3 is 2.87 bits per heavy atom. The highest BCUT2D eigenvalue weighted by Crippen LogP contribution is 2.28. The molecule has 23 heavy (non-hydrogen) atoms. The molecule has 0 spiro atoms. The van der Waals surface area contributed by atoms with E-state index in [1.54, 1.807) is 24.3 Å². The number of nitro groups is 1. The van der Waals surface area contributed by atoms with E-state index in [9.17, 15) is 14.9 Å². The van der Waals surface area contributed by atoms with Crippen LogP contribution < -0.4 is 5.43 Å². The summed E-state index contributed by atoms with van der Waals surface area (Å²) >= 11 is 4.40. The van der Waals surface area contributed by atoms with Gasteiger partial charge in [-0.15, -0.1) is 11.3 Å². The molecule has 2 heterocycles. The molecule has 2 aromatic heterocycles. The first-order valence-electron chi connectivity index (χ1n) is 6.29. The molecule has 0 saturated heterocycles. The molecule has 0 aliphatic carbocycles. The molecule has 0 radical (unpaired) electrons. The molecule has 0 aliphatic rings. The number of non-ortho nitro benzene ring substituents is 1. The molecule has 1 amide bonds. The van der Waals surface area contributed by atoms with Crippen molar-refractivity contribution >= 4 is 55.2 Å². The first-order valence-corrected chi connectivity index (χ1v) is 7.90. The number of hydrazone groups is 1. The summed E-state index contributed by atoms with van der Waals surface area (Å²) in [6, 6.07) is 9.47. The summed E-state index contributed by atoms with van der Waals surface area (Å²) in [5.74, 6) is 0.0971. The molecule has 116 valence electrons. The van der Waals surface area contributed by atoms with Gasteiger partial charge in [0.05, 0.1) is 16.0 Å². The van der Waals surface area contributed by atoms with Crippen molar-refractivity contribution in [2.75, 3.05) is 0 Å². The largest absolute Gasteiger partial charge is 0.448 e. The highest BCUT2D eigenvalue weighted by Gasteiger charge is 2.12. The minimum atomic E-state index is -0.470. The van der Waals surface area contributed by atoms with Crippen LogP contribution in [0, 0.1) is 10.1 Å². The monoisotopic (exact) mass is 393 g/mol. The molecule has 0 aliphatic heterocycles. The number of hydrogen-bond acceptors (Lipinski definition) is 6. The number of fused-ring (bicyclic) bond motifs is 1. The Labute approximate surface area is 141 Å². The summed E-state index contributed by atoms with van der Waals surface area (Å²) < 4.78 is 6.57. The lowest BCUT2D eigenvalue weighted by molar-refractivity contribution is -0.384. The molecule has 3 aromatic rings. The molecular formula is C14H8BrN3O4S. The molecule has 1 N–H and O–H groups in total. The fourth-order valence-corrected chi connectivity index (χ4v) is 3.12. The molecule has 0 unspecified atom stereocenters. The van der Waals surface area contributed by atoms with Crippen LogP contribution in [0.3, 0.4) is 0 Å². The zero-order valence-electron chi connectivity index (χ0n) is 11.4. The first kappa shape index (κ1) is 15.4. The smallest absolute Gasteiger partial charge is 0.281 e. The number of hydrogen-bond donors (Lipinski definition) is 1. The van der Waals surface area contributed by atoms with Gasteiger partial charge < -0.3 is 4.42 Å². The van der Waals surface area contributed by atoms with Crippen molar-refractivity contribution in [3.63, 3.8) is 0 Å². The van der Waals surface area contributed by atoms with Gasteiger partial charge in [-0.3, -0.25) is 14.9 Å². The third kappa shape index (κ3) is 3.46. The Balaban J connectivity index is 1.75. The number of carbonyl (C=O) groups is 1. The molecule has 0 atom stereocenters. The van der Waals surface area contributed by atoms with Gasteiger partial charge in [0.15, 0.2) is 4.67 Å². The van der Waals surface area contributed by atoms with Crippen LogP contribution in [0.1, 0.15) is 15.4 Å². The van der Waals surface area contributed by atoms with Crippen LogP contribution in [-0.2, 0) is 0 Å². The van der Waals surface area contributed by atoms with Gasteiger partial charge in [0.1, 0.15) is 5.76 Å². The second-order valence-electron chi connectivity index (χ2n) is 4.43. The van der Waals surface area contributed by atoms with Crippen molar-refractivity contribution in [1.29, 1.82) is 0 Å². The van der Waals surface area contributed by atoms with Crippen LogP contribution in [0.25, 0.3) is 10.1 Å². The van der Waals surface area contributed by atoms with Gasteiger partial charge >= 0.3 is 0 Å². The average Bonchev–Trinajstić information content (AvgIpc) is 3.12. The predicted molar refractivity (Wildman–Crippen MR) is 89.9 cm³/mol. The Kier molecular flexibility index (Phi) is 4.22. The van der Waals surface area contributed by atoms with E-state index in [-0.39, 0.29) is 5.69 Å². The maximum atomic E-state index is 12.0. The highest BCUT2D eigenvalue weighted by atomic mass is 79.9. The van der Waals surface area contributed by atoms with Gasteiger partial charge in [0, 0.05) is 22.2 Å². The van der Waals surface area contributed by atoms with E-state index in [2.05, 4.69) is 26.5 Å². The Morgan fingerprint density at radius 2 is 2.17 bits per heavy atom. The summed E-state index contributed by atoms with van der Waals surface area (Å²) in [4.78, 5) is 22.7. The molecule has 0 saturated carbocycles. The number of carbonyl (C=O) groups excluding carboxylic acids is 1. The Bertz CT molecular complexity index is 931. The number of furan rings is 1. The predicted octanol–water partition coefficient (Wildman–Crippen LogP) is 3.93. The maximum Gasteiger partial charge on any atom is 0.281 e. The number of nitrogens with zero attached hydrogens (tertiary/aromatic N) is 2. The number of halogens is 1. The zero-order valence-corrected chi connectivity index (χ0v) is 13.8. The molecule has 0 bridgehead atoms. The second kappa shape index (κ2) is 6.31. The van der Waals surface area contributed by atoms with Crippen LogP contribution in [-0.4, -0.2) is 17.0 Å². The molecular weight excluding hydrogens is 386 g/mol. The standard InChI is InChI=1S/C14H8BrN3O4S/c15-13-4-2-10(22-13)7-16-17-14(19)12-6-8-5-9(18(20)21)1-3-11(8)23-12/h1-7H,(H,17,19). The number of nitro benzene ring substituents is 1. The Morgan fingerprint density at radius 1 is 1.35 bits per heavy atom. The van der Waals surface area contributed by atoms with E-state index in [1.807, 2.05) is 0 Å².